The fraction of sp³-hybridized carbons (Fsp3) is 0.385. The number of aromatic nitrogens is 2. The van der Waals surface area contributed by atoms with Crippen molar-refractivity contribution in [2.75, 3.05) is 26.7 Å². The van der Waals surface area contributed by atoms with E-state index >= 15 is 0 Å². The summed E-state index contributed by atoms with van der Waals surface area (Å²) in [5.41, 5.74) is 2.99. The number of aromatic amines is 1. The van der Waals surface area contributed by atoms with Crippen molar-refractivity contribution in [3.63, 3.8) is 0 Å². The van der Waals surface area contributed by atoms with Crippen LogP contribution >= 0.6 is 11.3 Å². The highest BCUT2D eigenvalue weighted by Crippen LogP contribution is 2.44. The van der Waals surface area contributed by atoms with E-state index in [-0.39, 0.29) is 11.2 Å². The molecule has 6 nitrogen and oxygen atoms in total. The average Bonchev–Trinajstić information content (AvgIpc) is 3.42. The van der Waals surface area contributed by atoms with Crippen LogP contribution in [0.5, 0.6) is 5.75 Å². The molecule has 2 atom stereocenters. The maximum absolute atomic E-state index is 13.1. The standard InChI is InChI=1S/C26H27N3O3S/c1-32-21-8-4-7-17-18(21)11-10-16-14-28(15-20(16)17)12-5-13-29-25(30)24-23(27-26(29)31)19-6-2-3-9-22(19)33-24/h2-4,6-9,16,20H,5,10-15H2,1H3,(H,27,31). The van der Waals surface area contributed by atoms with Crippen LogP contribution in [0, 0.1) is 5.92 Å². The number of methoxy groups -OCH3 is 1. The number of ether oxygens (including phenoxy) is 1. The van der Waals surface area contributed by atoms with Crippen molar-refractivity contribution < 1.29 is 4.74 Å². The lowest BCUT2D eigenvalue weighted by molar-refractivity contribution is 0.308. The van der Waals surface area contributed by atoms with E-state index in [2.05, 4.69) is 28.1 Å². The monoisotopic (exact) mass is 461 g/mol. The van der Waals surface area contributed by atoms with Crippen molar-refractivity contribution in [1.82, 2.24) is 14.5 Å². The van der Waals surface area contributed by atoms with Crippen molar-refractivity contribution in [3.8, 4) is 5.75 Å². The molecule has 1 N–H and O–H groups in total. The highest BCUT2D eigenvalue weighted by atomic mass is 32.1. The lowest BCUT2D eigenvalue weighted by Gasteiger charge is -2.28. The molecule has 2 unspecified atom stereocenters. The molecule has 1 fully saturated rings. The minimum atomic E-state index is -0.313. The Hall–Kier alpha value is -2.90. The van der Waals surface area contributed by atoms with Crippen LogP contribution in [0.25, 0.3) is 20.3 Å². The Bertz CT molecular complexity index is 1470. The number of likely N-dealkylation sites (tertiary alicyclic amines) is 1. The summed E-state index contributed by atoms with van der Waals surface area (Å²) < 4.78 is 8.63. The Morgan fingerprint density at radius 3 is 2.85 bits per heavy atom. The Morgan fingerprint density at radius 1 is 1.09 bits per heavy atom. The van der Waals surface area contributed by atoms with Crippen LogP contribution in [0.2, 0.25) is 0 Å². The fourth-order valence-electron chi connectivity index (χ4n) is 5.87. The summed E-state index contributed by atoms with van der Waals surface area (Å²) in [5, 5.41) is 0.940. The number of nitrogens with zero attached hydrogens (tertiary/aromatic N) is 2. The number of thiophene rings is 1. The van der Waals surface area contributed by atoms with Gasteiger partial charge in [0.1, 0.15) is 10.4 Å². The lowest BCUT2D eigenvalue weighted by atomic mass is 9.77. The topological polar surface area (TPSA) is 67.3 Å². The van der Waals surface area contributed by atoms with Gasteiger partial charge in [0.15, 0.2) is 0 Å². The second-order valence-corrected chi connectivity index (χ2v) is 10.3. The minimum Gasteiger partial charge on any atom is -0.496 e. The summed E-state index contributed by atoms with van der Waals surface area (Å²) in [6.45, 7) is 3.45. The van der Waals surface area contributed by atoms with Crippen LogP contribution in [0.3, 0.4) is 0 Å². The smallest absolute Gasteiger partial charge is 0.328 e. The number of nitrogens with one attached hydrogen (secondary N) is 1. The van der Waals surface area contributed by atoms with Crippen molar-refractivity contribution in [3.05, 3.63) is 74.4 Å². The molecular weight excluding hydrogens is 434 g/mol. The number of H-pyrrole nitrogens is 1. The molecule has 4 aromatic rings. The van der Waals surface area contributed by atoms with E-state index in [0.29, 0.717) is 28.6 Å². The van der Waals surface area contributed by atoms with Crippen molar-refractivity contribution in [2.24, 2.45) is 5.92 Å². The molecule has 0 saturated carbocycles. The van der Waals surface area contributed by atoms with Crippen LogP contribution < -0.4 is 16.0 Å². The van der Waals surface area contributed by atoms with Gasteiger partial charge in [-0.1, -0.05) is 30.3 Å². The van der Waals surface area contributed by atoms with Gasteiger partial charge in [0.05, 0.1) is 12.6 Å². The average molecular weight is 462 g/mol. The molecule has 0 amide bonds. The third-order valence-corrected chi connectivity index (χ3v) is 8.60. The highest BCUT2D eigenvalue weighted by molar-refractivity contribution is 7.25. The van der Waals surface area contributed by atoms with Crippen molar-refractivity contribution in [1.29, 1.82) is 0 Å². The van der Waals surface area contributed by atoms with E-state index in [1.54, 1.807) is 7.11 Å². The molecular formula is C26H27N3O3S. The van der Waals surface area contributed by atoms with Gasteiger partial charge in [0.25, 0.3) is 5.56 Å². The van der Waals surface area contributed by atoms with Gasteiger partial charge in [0, 0.05) is 35.6 Å². The SMILES string of the molecule is COc1cccc2c1CCC1CN(CCCn3c(=O)[nH]c4c(sc5ccccc54)c3=O)CC21. The molecule has 3 heterocycles. The molecule has 7 heteroatoms. The largest absolute Gasteiger partial charge is 0.496 e. The van der Waals surface area contributed by atoms with E-state index in [9.17, 15) is 9.59 Å². The van der Waals surface area contributed by atoms with Gasteiger partial charge in [-0.25, -0.2) is 4.79 Å². The molecule has 2 aromatic carbocycles. The van der Waals surface area contributed by atoms with Gasteiger partial charge < -0.3 is 14.6 Å². The fourth-order valence-corrected chi connectivity index (χ4v) is 6.98. The number of hydrogen-bond donors (Lipinski definition) is 1. The molecule has 1 saturated heterocycles. The molecule has 2 aliphatic rings. The maximum Gasteiger partial charge on any atom is 0.328 e. The van der Waals surface area contributed by atoms with Gasteiger partial charge in [0.2, 0.25) is 0 Å². The lowest BCUT2D eigenvalue weighted by Crippen LogP contribution is -2.35. The Kier molecular flexibility index (Phi) is 5.11. The number of hydrogen-bond acceptors (Lipinski definition) is 5. The minimum absolute atomic E-state index is 0.175. The molecule has 0 bridgehead atoms. The predicted molar refractivity (Wildman–Crippen MR) is 133 cm³/mol. The van der Waals surface area contributed by atoms with Gasteiger partial charge >= 0.3 is 5.69 Å². The van der Waals surface area contributed by atoms with Crippen LogP contribution in [0.4, 0.5) is 0 Å². The molecule has 2 aromatic heterocycles. The van der Waals surface area contributed by atoms with Gasteiger partial charge in [-0.3, -0.25) is 9.36 Å². The number of benzene rings is 2. The van der Waals surface area contributed by atoms with Gasteiger partial charge in [-0.05, 0) is 55.0 Å². The second kappa shape index (κ2) is 8.15. The zero-order chi connectivity index (χ0) is 22.5. The van der Waals surface area contributed by atoms with Crippen molar-refractivity contribution >= 4 is 31.6 Å². The van der Waals surface area contributed by atoms with Crippen molar-refractivity contribution in [2.45, 2.75) is 31.7 Å². The summed E-state index contributed by atoms with van der Waals surface area (Å²) in [7, 11) is 1.75. The third-order valence-electron chi connectivity index (χ3n) is 7.44. The van der Waals surface area contributed by atoms with Crippen LogP contribution in [-0.2, 0) is 13.0 Å². The molecule has 1 aliphatic carbocycles. The van der Waals surface area contributed by atoms with E-state index in [1.165, 1.54) is 33.5 Å². The van der Waals surface area contributed by atoms with Gasteiger partial charge in [-0.2, -0.15) is 0 Å². The predicted octanol–water partition coefficient (Wildman–Crippen LogP) is 3.97. The first-order chi connectivity index (χ1) is 16.1. The van der Waals surface area contributed by atoms with Gasteiger partial charge in [-0.15, -0.1) is 11.3 Å². The third kappa shape index (κ3) is 3.42. The van der Waals surface area contributed by atoms with Crippen LogP contribution in [0.15, 0.2) is 52.1 Å². The summed E-state index contributed by atoms with van der Waals surface area (Å²) in [4.78, 5) is 31.2. The Labute approximate surface area is 195 Å². The highest BCUT2D eigenvalue weighted by Gasteiger charge is 2.38. The second-order valence-electron chi connectivity index (χ2n) is 9.24. The normalized spacial score (nSPS) is 20.3. The first-order valence-corrected chi connectivity index (χ1v) is 12.5. The first-order valence-electron chi connectivity index (χ1n) is 11.7. The molecule has 170 valence electrons. The molecule has 0 radical (unpaired) electrons. The summed E-state index contributed by atoms with van der Waals surface area (Å²) in [6.07, 6.45) is 3.05. The van der Waals surface area contributed by atoms with E-state index in [1.807, 2.05) is 24.3 Å². The van der Waals surface area contributed by atoms with E-state index in [0.717, 1.165) is 48.3 Å². The number of fused-ring (bicyclic) bond motifs is 6. The van der Waals surface area contributed by atoms with Crippen LogP contribution in [-0.4, -0.2) is 41.2 Å². The molecule has 33 heavy (non-hydrogen) atoms. The quantitative estimate of drug-likeness (QED) is 0.489. The van der Waals surface area contributed by atoms with E-state index in [4.69, 9.17) is 4.74 Å². The zero-order valence-electron chi connectivity index (χ0n) is 18.7. The Morgan fingerprint density at radius 2 is 1.97 bits per heavy atom. The summed E-state index contributed by atoms with van der Waals surface area (Å²) in [5.74, 6) is 2.23. The van der Waals surface area contributed by atoms with Crippen LogP contribution in [0.1, 0.15) is 29.9 Å². The maximum atomic E-state index is 13.1. The summed E-state index contributed by atoms with van der Waals surface area (Å²) in [6, 6.07) is 14.3. The first kappa shape index (κ1) is 20.7. The zero-order valence-corrected chi connectivity index (χ0v) is 19.5. The van der Waals surface area contributed by atoms with E-state index < -0.39 is 0 Å². The summed E-state index contributed by atoms with van der Waals surface area (Å²) >= 11 is 1.46. The molecule has 0 spiro atoms. The Balaban J connectivity index is 1.18. The molecule has 6 rings (SSSR count). The number of rotatable bonds is 5. The molecule has 1 aliphatic heterocycles.